The number of benzene rings is 1. The number of aryl methyl sites for hydroxylation is 1. The fourth-order valence-corrected chi connectivity index (χ4v) is 2.34. The molecule has 0 fully saturated rings. The molecule has 0 aliphatic carbocycles. The van der Waals surface area contributed by atoms with E-state index in [0.29, 0.717) is 0 Å². The lowest BCUT2D eigenvalue weighted by molar-refractivity contribution is 0.319. The van der Waals surface area contributed by atoms with Gasteiger partial charge in [-0.3, -0.25) is 0 Å². The smallest absolute Gasteiger partial charge is 0.142 e. The molecule has 18 heavy (non-hydrogen) atoms. The summed E-state index contributed by atoms with van der Waals surface area (Å²) in [6.45, 7) is 5.69. The molecule has 0 spiro atoms. The first kappa shape index (κ1) is 12.9. The van der Waals surface area contributed by atoms with Crippen molar-refractivity contribution in [1.29, 1.82) is 0 Å². The number of anilines is 1. The van der Waals surface area contributed by atoms with Gasteiger partial charge in [0.25, 0.3) is 0 Å². The molecule has 0 unspecified atom stereocenters. The Morgan fingerprint density at radius 3 is 2.89 bits per heavy atom. The van der Waals surface area contributed by atoms with Gasteiger partial charge in [-0.1, -0.05) is 19.1 Å². The Kier molecular flexibility index (Phi) is 4.59. The van der Waals surface area contributed by atoms with E-state index in [9.17, 15) is 0 Å². The summed E-state index contributed by atoms with van der Waals surface area (Å²) in [6.07, 6.45) is 1.02. The number of nitrogens with zero attached hydrogens (tertiary/aromatic N) is 1. The number of hydrogen-bond donors (Lipinski definition) is 1. The topological polar surface area (TPSA) is 34.1 Å². The van der Waals surface area contributed by atoms with Crippen molar-refractivity contribution in [2.45, 2.75) is 26.8 Å². The number of hydrogen-bond acceptors (Lipinski definition) is 4. The van der Waals surface area contributed by atoms with Crippen molar-refractivity contribution in [3.8, 4) is 5.75 Å². The van der Waals surface area contributed by atoms with E-state index >= 15 is 0 Å². The van der Waals surface area contributed by atoms with Crippen molar-refractivity contribution in [3.63, 3.8) is 0 Å². The number of para-hydroxylation sites is 2. The van der Waals surface area contributed by atoms with Crippen molar-refractivity contribution < 1.29 is 4.74 Å². The van der Waals surface area contributed by atoms with E-state index in [2.05, 4.69) is 17.2 Å². The molecule has 0 aliphatic heterocycles. The Morgan fingerprint density at radius 2 is 2.17 bits per heavy atom. The number of rotatable bonds is 6. The number of aromatic nitrogens is 1. The minimum absolute atomic E-state index is 0.748. The van der Waals surface area contributed by atoms with Crippen molar-refractivity contribution in [3.05, 3.63) is 40.3 Å². The van der Waals surface area contributed by atoms with Gasteiger partial charge in [0.05, 0.1) is 30.0 Å². The van der Waals surface area contributed by atoms with Crippen LogP contribution in [0.25, 0.3) is 0 Å². The van der Waals surface area contributed by atoms with Gasteiger partial charge in [-0.05, 0) is 25.5 Å². The Labute approximate surface area is 112 Å². The lowest BCUT2D eigenvalue weighted by atomic mass is 10.3. The Morgan fingerprint density at radius 1 is 1.33 bits per heavy atom. The number of nitrogens with one attached hydrogen (secondary N) is 1. The molecule has 4 heteroatoms. The van der Waals surface area contributed by atoms with Crippen LogP contribution in [0.2, 0.25) is 0 Å². The maximum atomic E-state index is 5.71. The highest BCUT2D eigenvalue weighted by Crippen LogP contribution is 2.25. The van der Waals surface area contributed by atoms with Crippen LogP contribution >= 0.6 is 11.3 Å². The van der Waals surface area contributed by atoms with Crippen LogP contribution in [-0.4, -0.2) is 11.6 Å². The van der Waals surface area contributed by atoms with E-state index in [0.717, 1.165) is 36.7 Å². The van der Waals surface area contributed by atoms with Gasteiger partial charge in [-0.25, -0.2) is 4.98 Å². The van der Waals surface area contributed by atoms with Crippen LogP contribution in [0.15, 0.2) is 29.8 Å². The normalized spacial score (nSPS) is 10.3. The van der Waals surface area contributed by atoms with Crippen molar-refractivity contribution in [2.24, 2.45) is 0 Å². The zero-order chi connectivity index (χ0) is 12.8. The molecule has 0 radical (unpaired) electrons. The first-order valence-corrected chi connectivity index (χ1v) is 7.04. The molecule has 2 rings (SSSR count). The van der Waals surface area contributed by atoms with E-state index in [-0.39, 0.29) is 0 Å². The molecule has 1 heterocycles. The maximum absolute atomic E-state index is 5.71. The molecule has 3 nitrogen and oxygen atoms in total. The van der Waals surface area contributed by atoms with E-state index < -0.39 is 0 Å². The van der Waals surface area contributed by atoms with Crippen LogP contribution < -0.4 is 10.1 Å². The first-order valence-electron chi connectivity index (χ1n) is 6.16. The van der Waals surface area contributed by atoms with Crippen LogP contribution in [0.4, 0.5) is 5.69 Å². The highest BCUT2D eigenvalue weighted by atomic mass is 32.1. The minimum atomic E-state index is 0.748. The van der Waals surface area contributed by atoms with Gasteiger partial charge in [0.15, 0.2) is 0 Å². The lowest BCUT2D eigenvalue weighted by Crippen LogP contribution is -2.03. The van der Waals surface area contributed by atoms with Gasteiger partial charge in [0.1, 0.15) is 5.75 Å². The summed E-state index contributed by atoms with van der Waals surface area (Å²) in [4.78, 5) is 5.51. The second-order valence-corrected chi connectivity index (χ2v) is 5.00. The van der Waals surface area contributed by atoms with Crippen LogP contribution in [0.3, 0.4) is 0 Å². The number of ether oxygens (including phenoxy) is 1. The van der Waals surface area contributed by atoms with E-state index in [1.807, 2.05) is 36.7 Å². The van der Waals surface area contributed by atoms with Gasteiger partial charge in [0.2, 0.25) is 0 Å². The van der Waals surface area contributed by atoms with Gasteiger partial charge in [-0.2, -0.15) is 0 Å². The molecule has 0 atom stereocenters. The summed E-state index contributed by atoms with van der Waals surface area (Å²) in [6, 6.07) is 8.05. The predicted octanol–water partition coefficient (Wildman–Crippen LogP) is 3.85. The first-order chi connectivity index (χ1) is 8.81. The molecule has 0 amide bonds. The molecule has 0 bridgehead atoms. The minimum Gasteiger partial charge on any atom is -0.491 e. The summed E-state index contributed by atoms with van der Waals surface area (Å²) in [5, 5.41) is 3.41. The second-order valence-electron chi connectivity index (χ2n) is 4.06. The van der Waals surface area contributed by atoms with Crippen LogP contribution in [0.1, 0.15) is 23.9 Å². The summed E-state index contributed by atoms with van der Waals surface area (Å²) in [5.41, 5.74) is 4.02. The molecule has 1 aromatic carbocycles. The average molecular weight is 262 g/mol. The van der Waals surface area contributed by atoms with E-state index in [1.54, 1.807) is 11.3 Å². The predicted molar refractivity (Wildman–Crippen MR) is 76.4 cm³/mol. The zero-order valence-electron chi connectivity index (χ0n) is 10.8. The molecule has 0 aliphatic rings. The summed E-state index contributed by atoms with van der Waals surface area (Å²) in [5.74, 6) is 0.918. The second kappa shape index (κ2) is 6.40. The van der Waals surface area contributed by atoms with Gasteiger partial charge in [0, 0.05) is 4.88 Å². The van der Waals surface area contributed by atoms with Crippen LogP contribution in [0, 0.1) is 6.92 Å². The summed E-state index contributed by atoms with van der Waals surface area (Å²) >= 11 is 1.68. The SMILES string of the molecule is CCCOc1ccccc1NCc1scnc1C. The lowest BCUT2D eigenvalue weighted by Gasteiger charge is -2.12. The van der Waals surface area contributed by atoms with Crippen molar-refractivity contribution in [2.75, 3.05) is 11.9 Å². The third-order valence-corrected chi connectivity index (χ3v) is 3.57. The molecular formula is C14H18N2OS. The molecule has 1 aromatic heterocycles. The Hall–Kier alpha value is -1.55. The fraction of sp³-hybridized carbons (Fsp3) is 0.357. The third kappa shape index (κ3) is 3.23. The van der Waals surface area contributed by atoms with Gasteiger partial charge in [-0.15, -0.1) is 11.3 Å². The average Bonchev–Trinajstić information content (AvgIpc) is 2.80. The fourth-order valence-electron chi connectivity index (χ4n) is 1.62. The largest absolute Gasteiger partial charge is 0.491 e. The summed E-state index contributed by atoms with van der Waals surface area (Å²) < 4.78 is 5.71. The van der Waals surface area contributed by atoms with Gasteiger partial charge < -0.3 is 10.1 Å². The highest BCUT2D eigenvalue weighted by molar-refractivity contribution is 7.09. The van der Waals surface area contributed by atoms with Crippen molar-refractivity contribution >= 4 is 17.0 Å². The highest BCUT2D eigenvalue weighted by Gasteiger charge is 2.04. The monoisotopic (exact) mass is 262 g/mol. The van der Waals surface area contributed by atoms with Gasteiger partial charge >= 0.3 is 0 Å². The van der Waals surface area contributed by atoms with Crippen LogP contribution in [0.5, 0.6) is 5.75 Å². The maximum Gasteiger partial charge on any atom is 0.142 e. The Bertz CT molecular complexity index is 496. The standard InChI is InChI=1S/C14H18N2OS/c1-3-8-17-13-7-5-4-6-12(13)15-9-14-11(2)16-10-18-14/h4-7,10,15H,3,8-9H2,1-2H3. The van der Waals surface area contributed by atoms with Crippen molar-refractivity contribution in [1.82, 2.24) is 4.98 Å². The Balaban J connectivity index is 2.02. The van der Waals surface area contributed by atoms with E-state index in [4.69, 9.17) is 4.74 Å². The molecule has 96 valence electrons. The number of thiazole rings is 1. The third-order valence-electron chi connectivity index (χ3n) is 2.63. The molecule has 0 saturated carbocycles. The molecule has 2 aromatic rings. The molecular weight excluding hydrogens is 244 g/mol. The van der Waals surface area contributed by atoms with Crippen LogP contribution in [-0.2, 0) is 6.54 Å². The van der Waals surface area contributed by atoms with E-state index in [1.165, 1.54) is 4.88 Å². The molecule has 1 N–H and O–H groups in total. The quantitative estimate of drug-likeness (QED) is 0.858. The summed E-state index contributed by atoms with van der Waals surface area (Å²) in [7, 11) is 0. The molecule has 0 saturated heterocycles. The zero-order valence-corrected chi connectivity index (χ0v) is 11.6.